The summed E-state index contributed by atoms with van der Waals surface area (Å²) in [6.07, 6.45) is 0.210. The second-order valence-electron chi connectivity index (χ2n) is 6.68. The first-order valence-electron chi connectivity index (χ1n) is 9.28. The summed E-state index contributed by atoms with van der Waals surface area (Å²) in [4.78, 5) is 14.9. The molecule has 2 heterocycles. The number of morpholine rings is 1. The molecule has 0 saturated carbocycles. The van der Waals surface area contributed by atoms with E-state index in [9.17, 15) is 4.79 Å². The van der Waals surface area contributed by atoms with Gasteiger partial charge in [0, 0.05) is 25.0 Å². The van der Waals surface area contributed by atoms with E-state index < -0.39 is 0 Å². The molecule has 1 aliphatic heterocycles. The van der Waals surface area contributed by atoms with Gasteiger partial charge in [0.05, 0.1) is 25.7 Å². The van der Waals surface area contributed by atoms with Crippen LogP contribution in [0.4, 0.5) is 0 Å². The highest BCUT2D eigenvalue weighted by atomic mass is 16.5. The van der Waals surface area contributed by atoms with Crippen molar-refractivity contribution in [3.8, 4) is 0 Å². The van der Waals surface area contributed by atoms with Crippen LogP contribution >= 0.6 is 0 Å². The normalized spacial score (nSPS) is 16.3. The van der Waals surface area contributed by atoms with Crippen molar-refractivity contribution in [1.29, 1.82) is 0 Å². The minimum Gasteiger partial charge on any atom is -0.379 e. The molecule has 0 aliphatic carbocycles. The molecule has 0 radical (unpaired) electrons. The van der Waals surface area contributed by atoms with Crippen LogP contribution in [0.2, 0.25) is 0 Å². The number of ether oxygens (including phenoxy) is 1. The molecule has 1 unspecified atom stereocenters. The first-order valence-corrected chi connectivity index (χ1v) is 9.28. The Morgan fingerprint density at radius 3 is 2.63 bits per heavy atom. The molecule has 6 nitrogen and oxygen atoms in total. The van der Waals surface area contributed by atoms with Crippen molar-refractivity contribution in [1.82, 2.24) is 15.4 Å². The second-order valence-corrected chi connectivity index (χ2v) is 6.68. The monoisotopic (exact) mass is 365 g/mol. The van der Waals surface area contributed by atoms with Gasteiger partial charge in [-0.05, 0) is 17.7 Å². The largest absolute Gasteiger partial charge is 0.379 e. The lowest BCUT2D eigenvalue weighted by molar-refractivity contribution is -0.120. The zero-order valence-electron chi connectivity index (χ0n) is 15.1. The lowest BCUT2D eigenvalue weighted by atomic mass is 10.0. The fourth-order valence-electron chi connectivity index (χ4n) is 3.51. The van der Waals surface area contributed by atoms with Crippen LogP contribution in [0, 0.1) is 0 Å². The molecule has 6 heteroatoms. The van der Waals surface area contributed by atoms with Gasteiger partial charge >= 0.3 is 0 Å². The highest BCUT2D eigenvalue weighted by Crippen LogP contribution is 2.21. The molecule has 27 heavy (non-hydrogen) atoms. The molecule has 1 atom stereocenters. The molecule has 0 spiro atoms. The number of nitrogens with one attached hydrogen (secondary N) is 1. The molecular formula is C21H23N3O3. The zero-order chi connectivity index (χ0) is 18.5. The number of nitrogens with zero attached hydrogens (tertiary/aromatic N) is 2. The third-order valence-corrected chi connectivity index (χ3v) is 4.94. The quantitative estimate of drug-likeness (QED) is 0.727. The standard InChI is InChI=1S/C21H23N3O3/c25-21(14-18-17-8-4-5-9-20(17)27-23-18)22-15-19(16-6-2-1-3-7-16)24-10-12-26-13-11-24/h1-9,19H,10-15H2,(H,22,25). The van der Waals surface area contributed by atoms with E-state index in [1.807, 2.05) is 42.5 Å². The van der Waals surface area contributed by atoms with Gasteiger partial charge in [-0.15, -0.1) is 0 Å². The lowest BCUT2D eigenvalue weighted by Crippen LogP contribution is -2.44. The van der Waals surface area contributed by atoms with E-state index in [0.717, 1.165) is 31.7 Å². The van der Waals surface area contributed by atoms with Crippen LogP contribution in [-0.4, -0.2) is 48.8 Å². The molecule has 0 bridgehead atoms. The number of aromatic nitrogens is 1. The number of hydrogen-bond donors (Lipinski definition) is 1. The first-order chi connectivity index (χ1) is 13.3. The van der Waals surface area contributed by atoms with Crippen molar-refractivity contribution >= 4 is 16.9 Å². The van der Waals surface area contributed by atoms with E-state index in [-0.39, 0.29) is 18.4 Å². The number of amides is 1. The maximum atomic E-state index is 12.5. The number of benzene rings is 2. The van der Waals surface area contributed by atoms with Crippen LogP contribution in [0.25, 0.3) is 11.0 Å². The summed E-state index contributed by atoms with van der Waals surface area (Å²) >= 11 is 0. The third-order valence-electron chi connectivity index (χ3n) is 4.94. The van der Waals surface area contributed by atoms with Gasteiger partial charge in [0.15, 0.2) is 5.58 Å². The Balaban J connectivity index is 1.43. The van der Waals surface area contributed by atoms with Crippen molar-refractivity contribution in [2.24, 2.45) is 0 Å². The summed E-state index contributed by atoms with van der Waals surface area (Å²) in [5.74, 6) is -0.0526. The molecule has 140 valence electrons. The Morgan fingerprint density at radius 1 is 1.07 bits per heavy atom. The van der Waals surface area contributed by atoms with Crippen LogP contribution in [-0.2, 0) is 16.0 Å². The summed E-state index contributed by atoms with van der Waals surface area (Å²) in [6, 6.07) is 18.0. The predicted molar refractivity (Wildman–Crippen MR) is 102 cm³/mol. The Hall–Kier alpha value is -2.70. The Morgan fingerprint density at radius 2 is 1.81 bits per heavy atom. The number of hydrogen-bond acceptors (Lipinski definition) is 5. The molecule has 2 aromatic carbocycles. The number of fused-ring (bicyclic) bond motifs is 1. The molecule has 3 aromatic rings. The number of carbonyl (C=O) groups excluding carboxylic acids is 1. The van der Waals surface area contributed by atoms with Gasteiger partial charge in [0.25, 0.3) is 0 Å². The van der Waals surface area contributed by atoms with Crippen LogP contribution in [0.15, 0.2) is 59.1 Å². The van der Waals surface area contributed by atoms with Gasteiger partial charge in [0.1, 0.15) is 5.69 Å². The summed E-state index contributed by atoms with van der Waals surface area (Å²) in [5.41, 5.74) is 2.58. The van der Waals surface area contributed by atoms with E-state index >= 15 is 0 Å². The average molecular weight is 365 g/mol. The molecular weight excluding hydrogens is 342 g/mol. The topological polar surface area (TPSA) is 67.6 Å². The van der Waals surface area contributed by atoms with Gasteiger partial charge in [-0.1, -0.05) is 47.6 Å². The van der Waals surface area contributed by atoms with Gasteiger partial charge in [-0.3, -0.25) is 9.69 Å². The summed E-state index contributed by atoms with van der Waals surface area (Å²) in [5, 5.41) is 8.02. The fraction of sp³-hybridized carbons (Fsp3) is 0.333. The molecule has 1 fully saturated rings. The van der Waals surface area contributed by atoms with Crippen LogP contribution in [0.5, 0.6) is 0 Å². The zero-order valence-corrected chi connectivity index (χ0v) is 15.1. The Kier molecular flexibility index (Phi) is 5.46. The van der Waals surface area contributed by atoms with Crippen molar-refractivity contribution in [2.45, 2.75) is 12.5 Å². The van der Waals surface area contributed by atoms with Gasteiger partial charge in [0.2, 0.25) is 5.91 Å². The average Bonchev–Trinajstić information content (AvgIpc) is 3.13. The van der Waals surface area contributed by atoms with E-state index in [2.05, 4.69) is 27.5 Å². The molecule has 1 aromatic heterocycles. The third kappa shape index (κ3) is 4.18. The minimum atomic E-state index is -0.0526. The number of carbonyl (C=O) groups is 1. The van der Waals surface area contributed by atoms with Crippen molar-refractivity contribution in [3.05, 3.63) is 65.9 Å². The fourth-order valence-corrected chi connectivity index (χ4v) is 3.51. The second kappa shape index (κ2) is 8.33. The number of para-hydroxylation sites is 1. The molecule has 1 saturated heterocycles. The highest BCUT2D eigenvalue weighted by molar-refractivity contribution is 5.86. The van der Waals surface area contributed by atoms with Crippen LogP contribution in [0.3, 0.4) is 0 Å². The van der Waals surface area contributed by atoms with E-state index in [4.69, 9.17) is 9.26 Å². The molecule has 4 rings (SSSR count). The SMILES string of the molecule is O=C(Cc1noc2ccccc12)NCC(c1ccccc1)N1CCOCC1. The summed E-state index contributed by atoms with van der Waals surface area (Å²) < 4.78 is 10.8. The summed E-state index contributed by atoms with van der Waals surface area (Å²) in [7, 11) is 0. The van der Waals surface area contributed by atoms with Crippen molar-refractivity contribution < 1.29 is 14.1 Å². The maximum absolute atomic E-state index is 12.5. The maximum Gasteiger partial charge on any atom is 0.226 e. The molecule has 1 N–H and O–H groups in total. The summed E-state index contributed by atoms with van der Waals surface area (Å²) in [6.45, 7) is 3.73. The van der Waals surface area contributed by atoms with E-state index in [1.54, 1.807) is 0 Å². The van der Waals surface area contributed by atoms with Gasteiger partial charge in [-0.2, -0.15) is 0 Å². The molecule has 1 aliphatic rings. The minimum absolute atomic E-state index is 0.0526. The highest BCUT2D eigenvalue weighted by Gasteiger charge is 2.23. The van der Waals surface area contributed by atoms with Crippen molar-refractivity contribution in [3.63, 3.8) is 0 Å². The van der Waals surface area contributed by atoms with Crippen molar-refractivity contribution in [2.75, 3.05) is 32.8 Å². The smallest absolute Gasteiger partial charge is 0.226 e. The van der Waals surface area contributed by atoms with Gasteiger partial charge < -0.3 is 14.6 Å². The first kappa shape index (κ1) is 17.7. The van der Waals surface area contributed by atoms with E-state index in [1.165, 1.54) is 5.56 Å². The Bertz CT molecular complexity index is 888. The Labute approximate surface area is 158 Å². The van der Waals surface area contributed by atoms with Gasteiger partial charge in [-0.25, -0.2) is 0 Å². The lowest BCUT2D eigenvalue weighted by Gasteiger charge is -2.34. The van der Waals surface area contributed by atoms with Crippen LogP contribution in [0.1, 0.15) is 17.3 Å². The molecule has 1 amide bonds. The van der Waals surface area contributed by atoms with Crippen LogP contribution < -0.4 is 5.32 Å². The predicted octanol–water partition coefficient (Wildman–Crippen LogP) is 2.56. The number of rotatable bonds is 6. The van der Waals surface area contributed by atoms with E-state index in [0.29, 0.717) is 17.8 Å².